The molecule has 142 valence electrons. The highest BCUT2D eigenvalue weighted by atomic mass is 16.5. The molecule has 0 radical (unpaired) electrons. The van der Waals surface area contributed by atoms with Crippen molar-refractivity contribution in [3.8, 4) is 17.1 Å². The van der Waals surface area contributed by atoms with E-state index in [4.69, 9.17) is 13.6 Å². The first-order valence-electron chi connectivity index (χ1n) is 9.58. The highest BCUT2D eigenvalue weighted by Gasteiger charge is 2.19. The minimum Gasteiger partial charge on any atom is -0.490 e. The molecule has 1 aliphatic rings. The number of hydrogen-bond acceptors (Lipinski definition) is 5. The summed E-state index contributed by atoms with van der Waals surface area (Å²) < 4.78 is 17.5. The van der Waals surface area contributed by atoms with Gasteiger partial charge in [-0.15, -0.1) is 0 Å². The van der Waals surface area contributed by atoms with Gasteiger partial charge in [0.05, 0.1) is 0 Å². The summed E-state index contributed by atoms with van der Waals surface area (Å²) in [6.45, 7) is 2.07. The molecule has 1 saturated heterocycles. The fourth-order valence-corrected chi connectivity index (χ4v) is 3.75. The monoisotopic (exact) mass is 375 g/mol. The Morgan fingerprint density at radius 3 is 2.54 bits per heavy atom. The van der Waals surface area contributed by atoms with Gasteiger partial charge in [0.2, 0.25) is 0 Å². The van der Waals surface area contributed by atoms with E-state index in [0.717, 1.165) is 48.0 Å². The Bertz CT molecular complexity index is 1170. The minimum absolute atomic E-state index is 0.204. The summed E-state index contributed by atoms with van der Waals surface area (Å²) in [7, 11) is 2.13. The van der Waals surface area contributed by atoms with Crippen molar-refractivity contribution in [2.24, 2.45) is 0 Å². The molecular formula is C23H21NO4. The van der Waals surface area contributed by atoms with E-state index in [1.807, 2.05) is 48.5 Å². The lowest BCUT2D eigenvalue weighted by atomic mass is 10.1. The molecule has 0 amide bonds. The molecule has 2 aromatic carbocycles. The van der Waals surface area contributed by atoms with Gasteiger partial charge < -0.3 is 18.5 Å². The first-order valence-corrected chi connectivity index (χ1v) is 9.58. The van der Waals surface area contributed by atoms with Crippen molar-refractivity contribution < 1.29 is 13.6 Å². The van der Waals surface area contributed by atoms with Crippen LogP contribution in [0, 0.1) is 0 Å². The van der Waals surface area contributed by atoms with Crippen LogP contribution in [0.2, 0.25) is 0 Å². The molecule has 0 bridgehead atoms. The van der Waals surface area contributed by atoms with Crippen LogP contribution in [0.15, 0.2) is 68.2 Å². The molecular weight excluding hydrogens is 354 g/mol. The second-order valence-electron chi connectivity index (χ2n) is 7.42. The second kappa shape index (κ2) is 6.84. The quantitative estimate of drug-likeness (QED) is 0.487. The number of fused-ring (bicyclic) bond motifs is 2. The Hall–Kier alpha value is -3.05. The molecule has 0 unspecified atom stereocenters. The van der Waals surface area contributed by atoms with E-state index in [-0.39, 0.29) is 6.10 Å². The van der Waals surface area contributed by atoms with E-state index in [0.29, 0.717) is 16.9 Å². The summed E-state index contributed by atoms with van der Waals surface area (Å²) in [5.41, 5.74) is 1.28. The molecule has 0 spiro atoms. The molecule has 0 aliphatic carbocycles. The number of benzene rings is 2. The highest BCUT2D eigenvalue weighted by molar-refractivity contribution is 5.86. The van der Waals surface area contributed by atoms with Crippen molar-refractivity contribution in [2.75, 3.05) is 20.1 Å². The van der Waals surface area contributed by atoms with Gasteiger partial charge in [0, 0.05) is 29.9 Å². The average Bonchev–Trinajstić information content (AvgIpc) is 3.13. The Morgan fingerprint density at radius 2 is 1.71 bits per heavy atom. The van der Waals surface area contributed by atoms with Crippen molar-refractivity contribution in [1.29, 1.82) is 0 Å². The number of furan rings is 1. The van der Waals surface area contributed by atoms with Crippen molar-refractivity contribution in [3.63, 3.8) is 0 Å². The lowest BCUT2D eigenvalue weighted by Crippen LogP contribution is -2.35. The van der Waals surface area contributed by atoms with Crippen molar-refractivity contribution >= 4 is 21.9 Å². The van der Waals surface area contributed by atoms with Crippen LogP contribution in [0.5, 0.6) is 5.75 Å². The molecule has 1 aliphatic heterocycles. The predicted octanol–water partition coefficient (Wildman–Crippen LogP) is 4.68. The topological polar surface area (TPSA) is 55.8 Å². The van der Waals surface area contributed by atoms with Crippen LogP contribution in [0.1, 0.15) is 12.8 Å². The van der Waals surface area contributed by atoms with Crippen LogP contribution >= 0.6 is 0 Å². The van der Waals surface area contributed by atoms with E-state index >= 15 is 0 Å². The van der Waals surface area contributed by atoms with E-state index in [1.165, 1.54) is 0 Å². The number of nitrogens with zero attached hydrogens (tertiary/aromatic N) is 1. The van der Waals surface area contributed by atoms with Crippen LogP contribution in [0.25, 0.3) is 33.3 Å². The normalized spacial score (nSPS) is 16.0. The molecule has 3 heterocycles. The molecule has 0 atom stereocenters. The van der Waals surface area contributed by atoms with Gasteiger partial charge in [-0.3, -0.25) is 0 Å². The fourth-order valence-electron chi connectivity index (χ4n) is 3.75. The third-order valence-electron chi connectivity index (χ3n) is 5.37. The number of hydrogen-bond donors (Lipinski definition) is 0. The van der Waals surface area contributed by atoms with Crippen LogP contribution in [-0.2, 0) is 0 Å². The van der Waals surface area contributed by atoms with Crippen molar-refractivity contribution in [2.45, 2.75) is 18.9 Å². The van der Waals surface area contributed by atoms with Crippen LogP contribution < -0.4 is 10.4 Å². The second-order valence-corrected chi connectivity index (χ2v) is 7.42. The lowest BCUT2D eigenvalue weighted by Gasteiger charge is -2.29. The molecule has 0 N–H and O–H groups in total. The number of para-hydroxylation sites is 1. The zero-order chi connectivity index (χ0) is 19.1. The third-order valence-corrected chi connectivity index (χ3v) is 5.37. The third kappa shape index (κ3) is 3.18. The van der Waals surface area contributed by atoms with Gasteiger partial charge in [0.1, 0.15) is 34.3 Å². The van der Waals surface area contributed by atoms with Gasteiger partial charge in [-0.1, -0.05) is 18.2 Å². The molecule has 0 saturated carbocycles. The Kier molecular flexibility index (Phi) is 4.17. The van der Waals surface area contributed by atoms with Gasteiger partial charge >= 0.3 is 5.63 Å². The zero-order valence-corrected chi connectivity index (χ0v) is 15.7. The summed E-state index contributed by atoms with van der Waals surface area (Å²) in [5, 5.41) is 1.80. The molecule has 5 rings (SSSR count). The fraction of sp³-hybridized carbons (Fsp3) is 0.261. The SMILES string of the molecule is CN1CCC(Oc2ccc3cc(-c4cc5ccccc5o4)c(=O)oc3c2)CC1. The van der Waals surface area contributed by atoms with Crippen molar-refractivity contribution in [1.82, 2.24) is 4.90 Å². The highest BCUT2D eigenvalue weighted by Crippen LogP contribution is 2.29. The first-order chi connectivity index (χ1) is 13.7. The van der Waals surface area contributed by atoms with Crippen LogP contribution in [-0.4, -0.2) is 31.1 Å². The number of rotatable bonds is 3. The molecule has 28 heavy (non-hydrogen) atoms. The number of piperidine rings is 1. The van der Waals surface area contributed by atoms with Crippen LogP contribution in [0.3, 0.4) is 0 Å². The Labute approximate surface area is 162 Å². The van der Waals surface area contributed by atoms with Gasteiger partial charge in [-0.05, 0) is 50.2 Å². The average molecular weight is 375 g/mol. The van der Waals surface area contributed by atoms with Crippen molar-refractivity contribution in [3.05, 3.63) is 65.0 Å². The summed E-state index contributed by atoms with van der Waals surface area (Å²) in [5.74, 6) is 1.25. The van der Waals surface area contributed by atoms with Gasteiger partial charge in [0.15, 0.2) is 0 Å². The summed E-state index contributed by atoms with van der Waals surface area (Å²) in [4.78, 5) is 14.9. The largest absolute Gasteiger partial charge is 0.490 e. The standard InChI is InChI=1S/C23H21NO4/c1-24-10-8-17(9-11-24)26-18-7-6-16-12-19(23(25)28-21(16)14-18)22-13-15-4-2-3-5-20(15)27-22/h2-7,12-14,17H,8-11H2,1H3. The van der Waals surface area contributed by atoms with Gasteiger partial charge in [-0.2, -0.15) is 0 Å². The maximum atomic E-state index is 12.6. The van der Waals surface area contributed by atoms with E-state index in [2.05, 4.69) is 11.9 Å². The molecule has 4 aromatic rings. The Morgan fingerprint density at radius 1 is 0.929 bits per heavy atom. The predicted molar refractivity (Wildman–Crippen MR) is 109 cm³/mol. The Balaban J connectivity index is 1.47. The van der Waals surface area contributed by atoms with Gasteiger partial charge in [-0.25, -0.2) is 4.79 Å². The first kappa shape index (κ1) is 17.1. The summed E-state index contributed by atoms with van der Waals surface area (Å²) in [6, 6.07) is 17.0. The maximum absolute atomic E-state index is 12.6. The molecule has 5 nitrogen and oxygen atoms in total. The summed E-state index contributed by atoms with van der Waals surface area (Å²) in [6.07, 6.45) is 2.21. The van der Waals surface area contributed by atoms with E-state index in [1.54, 1.807) is 6.07 Å². The smallest absolute Gasteiger partial charge is 0.347 e. The molecule has 5 heteroatoms. The molecule has 1 fully saturated rings. The van der Waals surface area contributed by atoms with E-state index in [9.17, 15) is 4.79 Å². The molecule has 2 aromatic heterocycles. The number of likely N-dealkylation sites (tertiary alicyclic amines) is 1. The lowest BCUT2D eigenvalue weighted by molar-refractivity contribution is 0.114. The summed E-state index contributed by atoms with van der Waals surface area (Å²) >= 11 is 0. The van der Waals surface area contributed by atoms with Gasteiger partial charge in [0.25, 0.3) is 0 Å². The maximum Gasteiger partial charge on any atom is 0.347 e. The minimum atomic E-state index is -0.414. The zero-order valence-electron chi connectivity index (χ0n) is 15.7. The van der Waals surface area contributed by atoms with E-state index < -0.39 is 5.63 Å². The number of ether oxygens (including phenoxy) is 1. The van der Waals surface area contributed by atoms with Crippen LogP contribution in [0.4, 0.5) is 0 Å².